The maximum Gasteiger partial charge on any atom is 0.160 e. The molecule has 2 aromatic heterocycles. The number of anilines is 1. The molecule has 0 amide bonds. The molecule has 2 N–H and O–H groups in total. The third kappa shape index (κ3) is 2.28. The summed E-state index contributed by atoms with van der Waals surface area (Å²) in [6.07, 6.45) is 1.05. The summed E-state index contributed by atoms with van der Waals surface area (Å²) in [6.45, 7) is 4.36. The number of aryl methyl sites for hydroxylation is 2. The Hall–Kier alpha value is -2.40. The number of benzene rings is 1. The number of nitrogens with two attached hydrogens (primary N) is 1. The maximum atomic E-state index is 6.01. The molecule has 5 nitrogen and oxygen atoms in total. The van der Waals surface area contributed by atoms with Crippen LogP contribution in [0, 0.1) is 6.92 Å². The fourth-order valence-electron chi connectivity index (χ4n) is 3.48. The summed E-state index contributed by atoms with van der Waals surface area (Å²) in [5.74, 6) is 0.998. The first kappa shape index (κ1) is 14.2. The Morgan fingerprint density at radius 2 is 2.00 bits per heavy atom. The van der Waals surface area contributed by atoms with E-state index in [9.17, 15) is 0 Å². The fourth-order valence-corrected chi connectivity index (χ4v) is 3.48. The molecule has 4 rings (SSSR count). The van der Waals surface area contributed by atoms with Gasteiger partial charge in [-0.1, -0.05) is 24.3 Å². The second-order valence-corrected chi connectivity index (χ2v) is 6.20. The Bertz CT molecular complexity index is 880. The third-order valence-electron chi connectivity index (χ3n) is 4.70. The number of nitrogens with zero attached hydrogens (tertiary/aromatic N) is 4. The molecule has 118 valence electrons. The van der Waals surface area contributed by atoms with Gasteiger partial charge in [-0.2, -0.15) is 5.10 Å². The third-order valence-corrected chi connectivity index (χ3v) is 4.70. The summed E-state index contributed by atoms with van der Waals surface area (Å²) in [4.78, 5) is 7.25. The average Bonchev–Trinajstić information content (AvgIpc) is 2.87. The number of pyridine rings is 1. The van der Waals surface area contributed by atoms with Crippen LogP contribution in [0.4, 0.5) is 5.82 Å². The Morgan fingerprint density at radius 3 is 2.78 bits per heavy atom. The van der Waals surface area contributed by atoms with E-state index in [4.69, 9.17) is 10.7 Å². The Morgan fingerprint density at radius 1 is 1.22 bits per heavy atom. The summed E-state index contributed by atoms with van der Waals surface area (Å²) >= 11 is 0. The highest BCUT2D eigenvalue weighted by atomic mass is 15.3. The van der Waals surface area contributed by atoms with Crippen molar-refractivity contribution in [3.8, 4) is 0 Å². The van der Waals surface area contributed by atoms with Crippen molar-refractivity contribution in [2.45, 2.75) is 26.4 Å². The van der Waals surface area contributed by atoms with E-state index < -0.39 is 0 Å². The highest BCUT2D eigenvalue weighted by molar-refractivity contribution is 5.81. The highest BCUT2D eigenvalue weighted by Gasteiger charge is 2.21. The number of rotatable bonds is 2. The maximum absolute atomic E-state index is 6.01. The molecule has 1 aliphatic heterocycles. The lowest BCUT2D eigenvalue weighted by Gasteiger charge is -2.31. The standard InChI is InChI=1S/C18H21N5/c1-12-16-9-15(10-19)17(20-18(16)22(2)21-12)23-8-7-13-5-3-4-6-14(13)11-23/h3-6,9H,7-8,10-11,19H2,1-2H3. The molecule has 5 heteroatoms. The highest BCUT2D eigenvalue weighted by Crippen LogP contribution is 2.29. The van der Waals surface area contributed by atoms with E-state index in [1.54, 1.807) is 0 Å². The van der Waals surface area contributed by atoms with Crippen LogP contribution >= 0.6 is 0 Å². The predicted molar refractivity (Wildman–Crippen MR) is 92.3 cm³/mol. The topological polar surface area (TPSA) is 60.0 Å². The fraction of sp³-hybridized carbons (Fsp3) is 0.333. The molecule has 0 radical (unpaired) electrons. The number of hydrogen-bond donors (Lipinski definition) is 1. The number of fused-ring (bicyclic) bond motifs is 2. The van der Waals surface area contributed by atoms with Gasteiger partial charge < -0.3 is 10.6 Å². The SMILES string of the molecule is Cc1nn(C)c2nc(N3CCc4ccccc4C3)c(CN)cc12. The van der Waals surface area contributed by atoms with E-state index in [-0.39, 0.29) is 0 Å². The summed E-state index contributed by atoms with van der Waals surface area (Å²) in [7, 11) is 1.94. The van der Waals surface area contributed by atoms with Crippen LogP contribution in [0.5, 0.6) is 0 Å². The van der Waals surface area contributed by atoms with Gasteiger partial charge in [-0.25, -0.2) is 4.98 Å². The zero-order valence-electron chi connectivity index (χ0n) is 13.6. The molecule has 3 aromatic rings. The normalized spacial score (nSPS) is 14.3. The summed E-state index contributed by atoms with van der Waals surface area (Å²) in [6, 6.07) is 10.8. The van der Waals surface area contributed by atoms with Crippen molar-refractivity contribution >= 4 is 16.9 Å². The first-order chi connectivity index (χ1) is 11.2. The Kier molecular flexibility index (Phi) is 3.31. The minimum Gasteiger partial charge on any atom is -0.352 e. The zero-order valence-corrected chi connectivity index (χ0v) is 13.6. The molecule has 1 aliphatic rings. The molecule has 0 saturated heterocycles. The molecular weight excluding hydrogens is 286 g/mol. The van der Waals surface area contributed by atoms with Crippen molar-refractivity contribution in [1.29, 1.82) is 0 Å². The molecule has 0 spiro atoms. The Labute approximate surface area is 135 Å². The van der Waals surface area contributed by atoms with Crippen LogP contribution < -0.4 is 10.6 Å². The van der Waals surface area contributed by atoms with Gasteiger partial charge >= 0.3 is 0 Å². The van der Waals surface area contributed by atoms with Crippen molar-refractivity contribution in [3.05, 3.63) is 52.7 Å². The van der Waals surface area contributed by atoms with E-state index in [0.29, 0.717) is 6.54 Å². The molecule has 0 aliphatic carbocycles. The molecule has 0 saturated carbocycles. The van der Waals surface area contributed by atoms with E-state index in [2.05, 4.69) is 40.3 Å². The first-order valence-corrected chi connectivity index (χ1v) is 8.02. The zero-order chi connectivity index (χ0) is 16.0. The molecule has 0 fully saturated rings. The number of aromatic nitrogens is 3. The smallest absolute Gasteiger partial charge is 0.160 e. The summed E-state index contributed by atoms with van der Waals surface area (Å²) in [5, 5.41) is 5.57. The minimum atomic E-state index is 0.491. The van der Waals surface area contributed by atoms with Crippen LogP contribution in [0.25, 0.3) is 11.0 Å². The van der Waals surface area contributed by atoms with E-state index in [1.807, 2.05) is 18.7 Å². The van der Waals surface area contributed by atoms with Crippen LogP contribution in [-0.4, -0.2) is 21.3 Å². The minimum absolute atomic E-state index is 0.491. The van der Waals surface area contributed by atoms with E-state index in [0.717, 1.165) is 47.6 Å². The number of hydrogen-bond acceptors (Lipinski definition) is 4. The molecular formula is C18H21N5. The first-order valence-electron chi connectivity index (χ1n) is 8.02. The van der Waals surface area contributed by atoms with Gasteiger partial charge in [-0.3, -0.25) is 4.68 Å². The van der Waals surface area contributed by atoms with E-state index in [1.165, 1.54) is 11.1 Å². The van der Waals surface area contributed by atoms with Crippen molar-refractivity contribution in [2.24, 2.45) is 12.8 Å². The van der Waals surface area contributed by atoms with E-state index >= 15 is 0 Å². The molecule has 1 aromatic carbocycles. The van der Waals surface area contributed by atoms with Gasteiger partial charge in [0.15, 0.2) is 5.65 Å². The lowest BCUT2D eigenvalue weighted by Crippen LogP contribution is -2.32. The van der Waals surface area contributed by atoms with Crippen LogP contribution in [0.15, 0.2) is 30.3 Å². The van der Waals surface area contributed by atoms with Crippen LogP contribution in [0.2, 0.25) is 0 Å². The summed E-state index contributed by atoms with van der Waals surface area (Å²) < 4.78 is 1.85. The lowest BCUT2D eigenvalue weighted by atomic mass is 9.99. The molecule has 23 heavy (non-hydrogen) atoms. The molecule has 0 atom stereocenters. The second-order valence-electron chi connectivity index (χ2n) is 6.20. The second kappa shape index (κ2) is 5.35. The quantitative estimate of drug-likeness (QED) is 0.789. The Balaban J connectivity index is 1.81. The molecule has 0 bridgehead atoms. The van der Waals surface area contributed by atoms with Gasteiger partial charge in [0.25, 0.3) is 0 Å². The van der Waals surface area contributed by atoms with Crippen LogP contribution in [-0.2, 0) is 26.6 Å². The van der Waals surface area contributed by atoms with Gasteiger partial charge in [-0.15, -0.1) is 0 Å². The van der Waals surface area contributed by atoms with Crippen molar-refractivity contribution < 1.29 is 0 Å². The van der Waals surface area contributed by atoms with Crippen LogP contribution in [0.3, 0.4) is 0 Å². The van der Waals surface area contributed by atoms with Crippen molar-refractivity contribution in [1.82, 2.24) is 14.8 Å². The average molecular weight is 307 g/mol. The largest absolute Gasteiger partial charge is 0.352 e. The van der Waals surface area contributed by atoms with Gasteiger partial charge in [0.05, 0.1) is 5.69 Å². The predicted octanol–water partition coefficient (Wildman–Crippen LogP) is 2.30. The van der Waals surface area contributed by atoms with Gasteiger partial charge in [0, 0.05) is 37.6 Å². The van der Waals surface area contributed by atoms with Gasteiger partial charge in [0.1, 0.15) is 5.82 Å². The van der Waals surface area contributed by atoms with Crippen LogP contribution in [0.1, 0.15) is 22.4 Å². The van der Waals surface area contributed by atoms with Gasteiger partial charge in [-0.05, 0) is 30.5 Å². The summed E-state index contributed by atoms with van der Waals surface area (Å²) in [5.41, 5.74) is 11.8. The monoisotopic (exact) mass is 307 g/mol. The van der Waals surface area contributed by atoms with Crippen molar-refractivity contribution in [2.75, 3.05) is 11.4 Å². The molecule has 0 unspecified atom stereocenters. The van der Waals surface area contributed by atoms with Gasteiger partial charge in [0.2, 0.25) is 0 Å². The van der Waals surface area contributed by atoms with Crippen molar-refractivity contribution in [3.63, 3.8) is 0 Å². The lowest BCUT2D eigenvalue weighted by molar-refractivity contribution is 0.713. The molecule has 3 heterocycles.